The molecule has 3 rings (SSSR count). The highest BCUT2D eigenvalue weighted by atomic mass is 79.9. The van der Waals surface area contributed by atoms with Crippen LogP contribution < -0.4 is 10.2 Å². The fraction of sp³-hybridized carbons (Fsp3) is 0.182. The standard InChI is InChI=1S/C22H19BrN4O3S/c1-2-29-21(28)10-18-14-31-22(26-18)27-25-12-15-7-8-20(19(23)9-15)30-13-17-6-4-3-5-16(17)11-24/h3-9,12,14H,2,10,13H2,1H3,(H,26,27). The zero-order valence-corrected chi connectivity index (χ0v) is 19.1. The lowest BCUT2D eigenvalue weighted by Crippen LogP contribution is -2.07. The number of carbonyl (C=O) groups excluding carboxylic acids is 1. The second-order valence-corrected chi connectivity index (χ2v) is 7.96. The summed E-state index contributed by atoms with van der Waals surface area (Å²) >= 11 is 4.87. The number of rotatable bonds is 9. The molecule has 0 unspecified atom stereocenters. The van der Waals surface area contributed by atoms with E-state index in [4.69, 9.17) is 9.47 Å². The molecule has 1 aromatic heterocycles. The Morgan fingerprint density at radius 1 is 1.35 bits per heavy atom. The van der Waals surface area contributed by atoms with Gasteiger partial charge in [0.1, 0.15) is 12.4 Å². The maximum absolute atomic E-state index is 11.5. The van der Waals surface area contributed by atoms with Gasteiger partial charge < -0.3 is 9.47 Å². The Morgan fingerprint density at radius 2 is 2.19 bits per heavy atom. The summed E-state index contributed by atoms with van der Waals surface area (Å²) in [4.78, 5) is 15.8. The van der Waals surface area contributed by atoms with Crippen LogP contribution in [0.25, 0.3) is 0 Å². The molecule has 0 aliphatic heterocycles. The molecule has 0 saturated carbocycles. The number of aromatic nitrogens is 1. The van der Waals surface area contributed by atoms with Crippen LogP contribution in [0.3, 0.4) is 0 Å². The van der Waals surface area contributed by atoms with Crippen LogP contribution in [0.2, 0.25) is 0 Å². The summed E-state index contributed by atoms with van der Waals surface area (Å²) in [6.07, 6.45) is 1.80. The number of thiazole rings is 1. The summed E-state index contributed by atoms with van der Waals surface area (Å²) in [5.41, 5.74) is 5.79. The number of hydrogen-bond donors (Lipinski definition) is 1. The largest absolute Gasteiger partial charge is 0.488 e. The van der Waals surface area contributed by atoms with Crippen LogP contribution in [-0.2, 0) is 22.6 Å². The Balaban J connectivity index is 1.55. The molecule has 7 nitrogen and oxygen atoms in total. The second kappa shape index (κ2) is 11.2. The average molecular weight is 499 g/mol. The number of nitrogens with zero attached hydrogens (tertiary/aromatic N) is 3. The van der Waals surface area contributed by atoms with Crippen molar-refractivity contribution in [3.63, 3.8) is 0 Å². The first-order valence-electron chi connectivity index (χ1n) is 9.38. The zero-order chi connectivity index (χ0) is 22.1. The molecule has 0 aliphatic rings. The van der Waals surface area contributed by atoms with Gasteiger partial charge in [-0.1, -0.05) is 18.2 Å². The van der Waals surface area contributed by atoms with Crippen molar-refractivity contribution in [3.05, 3.63) is 74.7 Å². The molecular weight excluding hydrogens is 480 g/mol. The number of carbonyl (C=O) groups is 1. The Morgan fingerprint density at radius 3 is 2.97 bits per heavy atom. The van der Waals surface area contributed by atoms with Gasteiger partial charge in [-0.05, 0) is 52.7 Å². The number of ether oxygens (including phenoxy) is 2. The van der Waals surface area contributed by atoms with Crippen LogP contribution in [0.1, 0.15) is 29.3 Å². The molecule has 158 valence electrons. The highest BCUT2D eigenvalue weighted by Crippen LogP contribution is 2.27. The van der Waals surface area contributed by atoms with E-state index in [1.807, 2.05) is 36.4 Å². The van der Waals surface area contributed by atoms with E-state index in [-0.39, 0.29) is 12.4 Å². The zero-order valence-electron chi connectivity index (χ0n) is 16.7. The average Bonchev–Trinajstić information content (AvgIpc) is 3.20. The molecule has 0 amide bonds. The fourth-order valence-corrected chi connectivity index (χ4v) is 3.76. The normalized spacial score (nSPS) is 10.6. The van der Waals surface area contributed by atoms with Gasteiger partial charge in [-0.2, -0.15) is 10.4 Å². The summed E-state index contributed by atoms with van der Waals surface area (Å²) < 4.78 is 11.5. The minimum absolute atomic E-state index is 0.142. The van der Waals surface area contributed by atoms with Crippen molar-refractivity contribution < 1.29 is 14.3 Å². The number of hydrogen-bond acceptors (Lipinski definition) is 8. The molecule has 2 aromatic carbocycles. The summed E-state index contributed by atoms with van der Waals surface area (Å²) in [5, 5.41) is 15.7. The Labute approximate surface area is 192 Å². The van der Waals surface area contributed by atoms with Crippen molar-refractivity contribution in [3.8, 4) is 11.8 Å². The van der Waals surface area contributed by atoms with Crippen molar-refractivity contribution in [2.24, 2.45) is 5.10 Å². The molecule has 0 fully saturated rings. The lowest BCUT2D eigenvalue weighted by atomic mass is 10.1. The minimum Gasteiger partial charge on any atom is -0.488 e. The van der Waals surface area contributed by atoms with Gasteiger partial charge in [0.05, 0.1) is 41.0 Å². The third-order valence-electron chi connectivity index (χ3n) is 4.03. The molecule has 0 saturated heterocycles. The molecule has 3 aromatic rings. The minimum atomic E-state index is -0.300. The second-order valence-electron chi connectivity index (χ2n) is 6.24. The predicted octanol–water partition coefficient (Wildman–Crippen LogP) is 4.91. The van der Waals surface area contributed by atoms with Crippen LogP contribution in [-0.4, -0.2) is 23.8 Å². The van der Waals surface area contributed by atoms with Crippen molar-refractivity contribution in [2.45, 2.75) is 20.0 Å². The van der Waals surface area contributed by atoms with E-state index in [1.165, 1.54) is 11.3 Å². The smallest absolute Gasteiger partial charge is 0.311 e. The Hall–Kier alpha value is -3.22. The number of esters is 1. The van der Waals surface area contributed by atoms with Gasteiger partial charge >= 0.3 is 5.97 Å². The lowest BCUT2D eigenvalue weighted by Gasteiger charge is -2.09. The summed E-state index contributed by atoms with van der Waals surface area (Å²) in [5.74, 6) is 0.368. The van der Waals surface area contributed by atoms with Crippen LogP contribution in [0, 0.1) is 11.3 Å². The maximum Gasteiger partial charge on any atom is 0.311 e. The van der Waals surface area contributed by atoms with Gasteiger partial charge in [-0.25, -0.2) is 4.98 Å². The van der Waals surface area contributed by atoms with Gasteiger partial charge in [0.25, 0.3) is 0 Å². The first kappa shape index (κ1) is 22.5. The molecule has 1 N–H and O–H groups in total. The molecule has 0 spiro atoms. The lowest BCUT2D eigenvalue weighted by molar-refractivity contribution is -0.142. The van der Waals surface area contributed by atoms with Gasteiger partial charge in [-0.15, -0.1) is 11.3 Å². The monoisotopic (exact) mass is 498 g/mol. The fourth-order valence-electron chi connectivity index (χ4n) is 2.59. The predicted molar refractivity (Wildman–Crippen MR) is 123 cm³/mol. The van der Waals surface area contributed by atoms with Crippen molar-refractivity contribution in [1.82, 2.24) is 4.98 Å². The van der Waals surface area contributed by atoms with Crippen molar-refractivity contribution in [2.75, 3.05) is 12.0 Å². The van der Waals surface area contributed by atoms with Gasteiger partial charge in [0, 0.05) is 10.9 Å². The van der Waals surface area contributed by atoms with Crippen LogP contribution in [0.15, 0.2) is 57.4 Å². The molecule has 9 heteroatoms. The molecular formula is C22H19BrN4O3S. The van der Waals surface area contributed by atoms with Crippen LogP contribution in [0.4, 0.5) is 5.13 Å². The van der Waals surface area contributed by atoms with Crippen molar-refractivity contribution >= 4 is 44.6 Å². The highest BCUT2D eigenvalue weighted by molar-refractivity contribution is 9.10. The number of hydrazone groups is 1. The molecule has 0 bridgehead atoms. The van der Waals surface area contributed by atoms with E-state index in [0.717, 1.165) is 15.6 Å². The van der Waals surface area contributed by atoms with E-state index in [1.54, 1.807) is 24.6 Å². The number of benzene rings is 2. The molecule has 0 radical (unpaired) electrons. The Bertz CT molecular complexity index is 1120. The van der Waals surface area contributed by atoms with E-state index in [9.17, 15) is 10.1 Å². The third kappa shape index (κ3) is 6.64. The highest BCUT2D eigenvalue weighted by Gasteiger charge is 2.08. The third-order valence-corrected chi connectivity index (χ3v) is 5.45. The molecule has 0 aliphatic carbocycles. The number of nitrogens with one attached hydrogen (secondary N) is 1. The first-order chi connectivity index (χ1) is 15.1. The van der Waals surface area contributed by atoms with Gasteiger partial charge in [0.15, 0.2) is 0 Å². The van der Waals surface area contributed by atoms with Crippen LogP contribution >= 0.6 is 27.3 Å². The number of nitriles is 1. The maximum atomic E-state index is 11.5. The Kier molecular flexibility index (Phi) is 8.15. The van der Waals surface area contributed by atoms with E-state index in [2.05, 4.69) is 37.5 Å². The first-order valence-corrected chi connectivity index (χ1v) is 11.1. The van der Waals surface area contributed by atoms with Gasteiger partial charge in [0.2, 0.25) is 5.13 Å². The van der Waals surface area contributed by atoms with Crippen molar-refractivity contribution in [1.29, 1.82) is 5.26 Å². The summed E-state index contributed by atoms with van der Waals surface area (Å²) in [6, 6.07) is 15.1. The summed E-state index contributed by atoms with van der Waals surface area (Å²) in [6.45, 7) is 2.42. The van der Waals surface area contributed by atoms with E-state index >= 15 is 0 Å². The molecule has 1 heterocycles. The summed E-state index contributed by atoms with van der Waals surface area (Å²) in [7, 11) is 0. The van der Waals surface area contributed by atoms with Gasteiger partial charge in [-0.3, -0.25) is 10.2 Å². The topological polar surface area (TPSA) is 96.6 Å². The quantitative estimate of drug-likeness (QED) is 0.255. The molecule has 0 atom stereocenters. The number of halogens is 1. The SMILES string of the molecule is CCOC(=O)Cc1csc(NN=Cc2ccc(OCc3ccccc3C#N)c(Br)c2)n1. The molecule has 31 heavy (non-hydrogen) atoms. The number of anilines is 1. The van der Waals surface area contributed by atoms with E-state index < -0.39 is 0 Å². The van der Waals surface area contributed by atoms with Crippen LogP contribution in [0.5, 0.6) is 5.75 Å². The van der Waals surface area contributed by atoms with E-state index in [0.29, 0.717) is 35.4 Å².